The number of methoxy groups -OCH3 is 1. The molecule has 4 N–H and O–H groups in total. The Labute approximate surface area is 162 Å². The molecule has 0 radical (unpaired) electrons. The number of hydrogen-bond acceptors (Lipinski definition) is 7. The van der Waals surface area contributed by atoms with E-state index in [9.17, 15) is 14.4 Å². The van der Waals surface area contributed by atoms with Crippen molar-refractivity contribution in [3.05, 3.63) is 18.2 Å². The Bertz CT molecular complexity index is 710. The van der Waals surface area contributed by atoms with Gasteiger partial charge in [-0.3, -0.25) is 15.4 Å². The highest BCUT2D eigenvalue weighted by Gasteiger charge is 2.13. The first kappa shape index (κ1) is 22.1. The molecule has 0 atom stereocenters. The van der Waals surface area contributed by atoms with Gasteiger partial charge in [-0.05, 0) is 51.4 Å². The Morgan fingerprint density at radius 3 is 2.37 bits per heavy atom. The van der Waals surface area contributed by atoms with Crippen LogP contribution in [0.4, 0.5) is 26.7 Å². The summed E-state index contributed by atoms with van der Waals surface area (Å²) >= 11 is 5.07. The third kappa shape index (κ3) is 8.33. The van der Waals surface area contributed by atoms with E-state index in [0.29, 0.717) is 17.1 Å². The first-order valence-electron chi connectivity index (χ1n) is 7.93. The number of likely N-dealkylation sites (N-methyl/N-ethyl adjacent to an activating group) is 1. The molecule has 0 fully saturated rings. The van der Waals surface area contributed by atoms with Crippen molar-refractivity contribution in [3.8, 4) is 0 Å². The second-order valence-electron chi connectivity index (χ2n) is 5.46. The molecule has 10 nitrogen and oxygen atoms in total. The molecule has 11 heteroatoms. The van der Waals surface area contributed by atoms with Gasteiger partial charge in [-0.2, -0.15) is 0 Å². The third-order valence-electron chi connectivity index (χ3n) is 2.92. The predicted molar refractivity (Wildman–Crippen MR) is 106 cm³/mol. The largest absolute Gasteiger partial charge is 0.453 e. The van der Waals surface area contributed by atoms with E-state index in [1.807, 2.05) is 0 Å². The molecule has 0 saturated heterocycles. The van der Waals surface area contributed by atoms with Crippen LogP contribution >= 0.6 is 12.2 Å². The first-order valence-corrected chi connectivity index (χ1v) is 8.34. The number of rotatable bonds is 6. The standard InChI is InChI=1S/C16H23N5O5S/c1-5-26-16(24)20-14(27)19-12-8-10(17-15(23)25-4)6-7-11(12)18-13(22)9-21(2)3/h6-8H,5,9H2,1-4H3,(H,17,23)(H,18,22)(H2,19,20,24,27). The molecule has 3 amide bonds. The van der Waals surface area contributed by atoms with Gasteiger partial charge in [-0.25, -0.2) is 9.59 Å². The number of nitrogens with one attached hydrogen (secondary N) is 4. The molecule has 0 bridgehead atoms. The van der Waals surface area contributed by atoms with Crippen LogP contribution in [-0.2, 0) is 14.3 Å². The van der Waals surface area contributed by atoms with Crippen LogP contribution in [0.3, 0.4) is 0 Å². The van der Waals surface area contributed by atoms with Gasteiger partial charge in [0.1, 0.15) is 0 Å². The van der Waals surface area contributed by atoms with E-state index < -0.39 is 12.2 Å². The van der Waals surface area contributed by atoms with Crippen molar-refractivity contribution in [2.45, 2.75) is 6.92 Å². The molecule has 1 aromatic carbocycles. The number of benzene rings is 1. The van der Waals surface area contributed by atoms with Gasteiger partial charge in [-0.1, -0.05) is 0 Å². The molecule has 0 unspecified atom stereocenters. The van der Waals surface area contributed by atoms with Crippen molar-refractivity contribution in [3.63, 3.8) is 0 Å². The van der Waals surface area contributed by atoms with Gasteiger partial charge in [0.05, 0.1) is 31.6 Å². The predicted octanol–water partition coefficient (Wildman–Crippen LogP) is 1.81. The summed E-state index contributed by atoms with van der Waals surface area (Å²) in [5.74, 6) is -0.249. The average molecular weight is 397 g/mol. The van der Waals surface area contributed by atoms with E-state index in [-0.39, 0.29) is 24.2 Å². The number of amides is 3. The van der Waals surface area contributed by atoms with Gasteiger partial charge in [0, 0.05) is 5.69 Å². The quantitative estimate of drug-likeness (QED) is 0.536. The highest BCUT2D eigenvalue weighted by Crippen LogP contribution is 2.26. The summed E-state index contributed by atoms with van der Waals surface area (Å²) in [7, 11) is 4.77. The fraction of sp³-hybridized carbons (Fsp3) is 0.375. The molecule has 148 valence electrons. The minimum Gasteiger partial charge on any atom is -0.453 e. The maximum atomic E-state index is 12.0. The number of alkyl carbamates (subject to hydrolysis) is 1. The SMILES string of the molecule is CCOC(=O)NC(=S)Nc1cc(NC(=O)OC)ccc1NC(=O)CN(C)C. The molecule has 0 saturated carbocycles. The Morgan fingerprint density at radius 1 is 1.07 bits per heavy atom. The lowest BCUT2D eigenvalue weighted by molar-refractivity contribution is -0.116. The summed E-state index contributed by atoms with van der Waals surface area (Å²) in [6.45, 7) is 2.03. The van der Waals surface area contributed by atoms with Crippen LogP contribution in [0.25, 0.3) is 0 Å². The van der Waals surface area contributed by atoms with Crippen molar-refractivity contribution in [2.24, 2.45) is 0 Å². The van der Waals surface area contributed by atoms with Gasteiger partial charge >= 0.3 is 12.2 Å². The summed E-state index contributed by atoms with van der Waals surface area (Å²) in [5, 5.41) is 10.3. The van der Waals surface area contributed by atoms with Crippen LogP contribution in [0.2, 0.25) is 0 Å². The summed E-state index contributed by atoms with van der Waals surface area (Å²) in [5.41, 5.74) is 1.16. The highest BCUT2D eigenvalue weighted by molar-refractivity contribution is 7.80. The highest BCUT2D eigenvalue weighted by atomic mass is 32.1. The number of nitrogens with zero attached hydrogens (tertiary/aromatic N) is 1. The van der Waals surface area contributed by atoms with Gasteiger partial charge in [0.2, 0.25) is 5.91 Å². The minimum absolute atomic E-state index is 0.0354. The Morgan fingerprint density at radius 2 is 1.78 bits per heavy atom. The monoisotopic (exact) mass is 397 g/mol. The summed E-state index contributed by atoms with van der Waals surface area (Å²) in [6.07, 6.45) is -1.37. The Hall–Kier alpha value is -2.92. The normalized spacial score (nSPS) is 9.96. The second kappa shape index (κ2) is 10.9. The Kier molecular flexibility index (Phi) is 8.96. The molecule has 27 heavy (non-hydrogen) atoms. The zero-order valence-corrected chi connectivity index (χ0v) is 16.4. The molecule has 0 aliphatic carbocycles. The number of carbonyl (C=O) groups excluding carboxylic acids is 3. The summed E-state index contributed by atoms with van der Waals surface area (Å²) in [6, 6.07) is 4.69. The lowest BCUT2D eigenvalue weighted by Crippen LogP contribution is -2.35. The number of anilines is 3. The van der Waals surface area contributed by atoms with E-state index >= 15 is 0 Å². The van der Waals surface area contributed by atoms with E-state index in [1.165, 1.54) is 13.2 Å². The zero-order valence-electron chi connectivity index (χ0n) is 15.5. The van der Waals surface area contributed by atoms with Crippen LogP contribution in [-0.4, -0.2) is 62.5 Å². The maximum Gasteiger partial charge on any atom is 0.413 e. The van der Waals surface area contributed by atoms with Crippen molar-refractivity contribution < 1.29 is 23.9 Å². The summed E-state index contributed by atoms with van der Waals surface area (Å²) < 4.78 is 9.30. The molecule has 0 heterocycles. The van der Waals surface area contributed by atoms with Crippen LogP contribution in [0.1, 0.15) is 6.92 Å². The first-order chi connectivity index (χ1) is 12.7. The number of ether oxygens (including phenoxy) is 2. The molecule has 0 aliphatic rings. The minimum atomic E-state index is -0.711. The van der Waals surface area contributed by atoms with Gasteiger partial charge in [-0.15, -0.1) is 0 Å². The molecule has 0 aromatic heterocycles. The van der Waals surface area contributed by atoms with E-state index in [2.05, 4.69) is 26.0 Å². The van der Waals surface area contributed by atoms with Crippen LogP contribution in [0.15, 0.2) is 18.2 Å². The molecular formula is C16H23N5O5S. The fourth-order valence-corrected chi connectivity index (χ4v) is 2.09. The second-order valence-corrected chi connectivity index (χ2v) is 5.87. The van der Waals surface area contributed by atoms with Gasteiger partial charge in [0.25, 0.3) is 0 Å². The van der Waals surface area contributed by atoms with Crippen LogP contribution < -0.4 is 21.3 Å². The number of hydrogen-bond donors (Lipinski definition) is 4. The molecule has 1 aromatic rings. The third-order valence-corrected chi connectivity index (χ3v) is 3.13. The smallest absolute Gasteiger partial charge is 0.413 e. The number of thiocarbonyl (C=S) groups is 1. The molecule has 1 rings (SSSR count). The molecular weight excluding hydrogens is 374 g/mol. The Balaban J connectivity index is 3.00. The summed E-state index contributed by atoms with van der Waals surface area (Å²) in [4.78, 5) is 36.6. The van der Waals surface area contributed by atoms with Crippen LogP contribution in [0.5, 0.6) is 0 Å². The van der Waals surface area contributed by atoms with Crippen LogP contribution in [0, 0.1) is 0 Å². The maximum absolute atomic E-state index is 12.0. The van der Waals surface area contributed by atoms with Crippen molar-refractivity contribution >= 4 is 52.5 Å². The topological polar surface area (TPSA) is 121 Å². The van der Waals surface area contributed by atoms with Crippen molar-refractivity contribution in [1.29, 1.82) is 0 Å². The van der Waals surface area contributed by atoms with E-state index in [1.54, 1.807) is 38.1 Å². The molecule has 0 aliphatic heterocycles. The van der Waals surface area contributed by atoms with E-state index in [0.717, 1.165) is 0 Å². The average Bonchev–Trinajstić information content (AvgIpc) is 2.56. The van der Waals surface area contributed by atoms with Gasteiger partial charge in [0.15, 0.2) is 5.11 Å². The van der Waals surface area contributed by atoms with Gasteiger partial charge < -0.3 is 25.0 Å². The zero-order chi connectivity index (χ0) is 20.4. The molecule has 0 spiro atoms. The van der Waals surface area contributed by atoms with Crippen molar-refractivity contribution in [2.75, 3.05) is 50.3 Å². The number of carbonyl (C=O) groups is 3. The lowest BCUT2D eigenvalue weighted by Gasteiger charge is -2.17. The fourth-order valence-electron chi connectivity index (χ4n) is 1.89. The lowest BCUT2D eigenvalue weighted by atomic mass is 10.2. The van der Waals surface area contributed by atoms with E-state index in [4.69, 9.17) is 17.0 Å². The van der Waals surface area contributed by atoms with Crippen molar-refractivity contribution in [1.82, 2.24) is 10.2 Å².